The van der Waals surface area contributed by atoms with E-state index in [9.17, 15) is 23.4 Å². The van der Waals surface area contributed by atoms with E-state index in [0.717, 1.165) is 0 Å². The standard InChI is InChI=1S/C27H24ClF3N6O4S/c1-10(32)34-27(36-13-5-16(29)21-18(6-13)42-11(2)35-21)26-23(39)22(25-24(41-26)17(38)9-40-25)37-8-12(7-33-37)14-3-4-15(28)20(31)19(14)30/h3-8,17,22-26,38-39H,9H2,1-2H3,(H2,32,34,36)/p+1/t17?,22?,23?,24?,25-,26-/m1/s1. The van der Waals surface area contributed by atoms with Crippen molar-refractivity contribution in [2.75, 3.05) is 6.61 Å². The molecular weight excluding hydrogens is 597 g/mol. The van der Waals surface area contributed by atoms with Gasteiger partial charge in [-0.15, -0.1) is 11.3 Å². The Morgan fingerprint density at radius 3 is 2.76 bits per heavy atom. The minimum Gasteiger partial charge on any atom is -0.388 e. The lowest BCUT2D eigenvalue weighted by Gasteiger charge is -2.41. The third-order valence-corrected chi connectivity index (χ3v) is 8.41. The largest absolute Gasteiger partial charge is 0.388 e. The predicted molar refractivity (Wildman–Crippen MR) is 149 cm³/mol. The van der Waals surface area contributed by atoms with Crippen molar-refractivity contribution in [3.63, 3.8) is 0 Å². The smallest absolute Gasteiger partial charge is 0.238 e. The monoisotopic (exact) mass is 621 g/mol. The van der Waals surface area contributed by atoms with E-state index >= 15 is 0 Å². The van der Waals surface area contributed by atoms with E-state index in [2.05, 4.69) is 15.1 Å². The summed E-state index contributed by atoms with van der Waals surface area (Å²) in [5, 5.41) is 36.5. The average Bonchev–Trinajstić information content (AvgIpc) is 3.65. The van der Waals surface area contributed by atoms with E-state index in [-0.39, 0.29) is 39.9 Å². The Balaban J connectivity index is 1.37. The molecule has 42 heavy (non-hydrogen) atoms. The van der Waals surface area contributed by atoms with E-state index in [1.54, 1.807) is 13.0 Å². The van der Waals surface area contributed by atoms with Crippen LogP contribution in [0.1, 0.15) is 18.0 Å². The van der Waals surface area contributed by atoms with Gasteiger partial charge in [0.25, 0.3) is 0 Å². The van der Waals surface area contributed by atoms with Gasteiger partial charge in [0.1, 0.15) is 47.5 Å². The van der Waals surface area contributed by atoms with Crippen molar-refractivity contribution >= 4 is 50.5 Å². The summed E-state index contributed by atoms with van der Waals surface area (Å²) in [6, 6.07) is 4.58. The van der Waals surface area contributed by atoms with Crippen LogP contribution >= 0.6 is 22.9 Å². The number of amidine groups is 2. The third-order valence-electron chi connectivity index (χ3n) is 7.20. The normalized spacial score (nSPS) is 26.1. The van der Waals surface area contributed by atoms with Crippen molar-refractivity contribution in [1.29, 1.82) is 5.41 Å². The van der Waals surface area contributed by atoms with Gasteiger partial charge in [0.2, 0.25) is 5.84 Å². The van der Waals surface area contributed by atoms with E-state index in [1.807, 2.05) is 0 Å². The predicted octanol–water partition coefficient (Wildman–Crippen LogP) is 3.26. The van der Waals surface area contributed by atoms with Crippen molar-refractivity contribution in [2.24, 2.45) is 4.99 Å². The van der Waals surface area contributed by atoms with Crippen LogP contribution in [-0.4, -0.2) is 73.8 Å². The Hall–Kier alpha value is -3.24. The Kier molecular flexibility index (Phi) is 7.64. The van der Waals surface area contributed by atoms with Gasteiger partial charge < -0.3 is 19.7 Å². The molecule has 10 nitrogen and oxygen atoms in total. The van der Waals surface area contributed by atoms with E-state index < -0.39 is 54.0 Å². The molecule has 6 atom stereocenters. The van der Waals surface area contributed by atoms with Crippen LogP contribution < -0.4 is 5.32 Å². The maximum absolute atomic E-state index is 14.9. The molecule has 0 bridgehead atoms. The number of aliphatic hydroxyl groups is 2. The summed E-state index contributed by atoms with van der Waals surface area (Å²) >= 11 is 7.02. The molecule has 15 heteroatoms. The van der Waals surface area contributed by atoms with Gasteiger partial charge in [-0.25, -0.2) is 18.2 Å². The highest BCUT2D eigenvalue weighted by molar-refractivity contribution is 7.18. The molecule has 6 rings (SSSR count). The molecule has 4 heterocycles. The fourth-order valence-electron chi connectivity index (χ4n) is 5.39. The Morgan fingerprint density at radius 1 is 1.21 bits per heavy atom. The van der Waals surface area contributed by atoms with Crippen LogP contribution in [-0.2, 0) is 9.47 Å². The Bertz CT molecular complexity index is 1730. The Labute approximate surface area is 245 Å². The molecule has 2 aromatic carbocycles. The molecule has 2 fully saturated rings. The fourth-order valence-corrected chi connectivity index (χ4v) is 6.42. The number of thiazole rings is 1. The van der Waals surface area contributed by atoms with Crippen LogP contribution in [0.5, 0.6) is 0 Å². The number of aryl methyl sites for hydroxylation is 1. The molecule has 2 aromatic heterocycles. The van der Waals surface area contributed by atoms with Gasteiger partial charge in [-0.05, 0) is 26.0 Å². The van der Waals surface area contributed by atoms with Crippen LogP contribution in [0.25, 0.3) is 21.3 Å². The maximum Gasteiger partial charge on any atom is 0.238 e. The van der Waals surface area contributed by atoms with Crippen LogP contribution in [0.2, 0.25) is 5.02 Å². The van der Waals surface area contributed by atoms with Crippen LogP contribution in [0.4, 0.5) is 18.9 Å². The zero-order valence-corrected chi connectivity index (χ0v) is 23.7. The molecule has 0 aliphatic carbocycles. The Morgan fingerprint density at radius 2 is 2.00 bits per heavy atom. The molecule has 0 amide bonds. The number of halogens is 4. The van der Waals surface area contributed by atoms with Crippen LogP contribution in [0, 0.1) is 29.8 Å². The number of aromatic nitrogens is 3. The lowest BCUT2D eigenvalue weighted by atomic mass is 9.91. The third kappa shape index (κ3) is 5.13. The summed E-state index contributed by atoms with van der Waals surface area (Å²) in [5.41, 5.74) is 0.776. The second-order valence-electron chi connectivity index (χ2n) is 10.1. The van der Waals surface area contributed by atoms with Crippen LogP contribution in [0.3, 0.4) is 0 Å². The number of hydrogen-bond donors (Lipinski definition) is 4. The molecular formula is C27H25ClF3N6O4S+. The van der Waals surface area contributed by atoms with Crippen LogP contribution in [0.15, 0.2) is 41.7 Å². The molecule has 2 saturated heterocycles. The van der Waals surface area contributed by atoms with Crippen molar-refractivity contribution in [1.82, 2.24) is 14.8 Å². The molecule has 2 aliphatic heterocycles. The number of rotatable bonds is 4. The highest BCUT2D eigenvalue weighted by Gasteiger charge is 2.55. The number of quaternary nitrogens is 1. The lowest BCUT2D eigenvalue weighted by Crippen LogP contribution is -2.87. The van der Waals surface area contributed by atoms with Gasteiger partial charge >= 0.3 is 0 Å². The number of nitrogens with two attached hydrogens (primary N) is 1. The summed E-state index contributed by atoms with van der Waals surface area (Å²) < 4.78 is 57.6. The van der Waals surface area contributed by atoms with Gasteiger partial charge in [0.05, 0.1) is 27.5 Å². The average molecular weight is 622 g/mol. The van der Waals surface area contributed by atoms with Crippen molar-refractivity contribution in [3.05, 3.63) is 64.1 Å². The number of nitrogens with zero attached hydrogens (tertiary/aromatic N) is 4. The van der Waals surface area contributed by atoms with Gasteiger partial charge in [-0.2, -0.15) is 10.1 Å². The molecule has 0 saturated carbocycles. The number of aliphatic imine (C=N–C) groups is 1. The fraction of sp³-hybridized carbons (Fsp3) is 0.333. The maximum atomic E-state index is 14.9. The first-order valence-corrected chi connectivity index (χ1v) is 14.1. The van der Waals surface area contributed by atoms with Crippen molar-refractivity contribution in [2.45, 2.75) is 50.4 Å². The zero-order valence-electron chi connectivity index (χ0n) is 22.1. The summed E-state index contributed by atoms with van der Waals surface area (Å²) in [6.07, 6.45) is -2.71. The van der Waals surface area contributed by atoms with Crippen molar-refractivity contribution in [3.8, 4) is 11.1 Å². The topological polar surface area (TPSA) is 142 Å². The van der Waals surface area contributed by atoms with Gasteiger partial charge in [0, 0.05) is 29.5 Å². The van der Waals surface area contributed by atoms with Crippen molar-refractivity contribution < 1.29 is 38.2 Å². The first-order valence-electron chi connectivity index (χ1n) is 12.9. The molecule has 4 aromatic rings. The van der Waals surface area contributed by atoms with E-state index in [4.69, 9.17) is 26.5 Å². The highest BCUT2D eigenvalue weighted by atomic mass is 35.5. The summed E-state index contributed by atoms with van der Waals surface area (Å²) in [6.45, 7) is 3.13. The first-order chi connectivity index (χ1) is 20.0. The minimum atomic E-state index is -1.40. The number of aliphatic hydroxyl groups excluding tert-OH is 2. The molecule has 0 spiro atoms. The summed E-state index contributed by atoms with van der Waals surface area (Å²) in [5.74, 6) is -2.88. The number of benzene rings is 2. The zero-order chi connectivity index (χ0) is 29.9. The number of hydrogen-bond acceptors (Lipinski definition) is 8. The van der Waals surface area contributed by atoms with Gasteiger partial charge in [0.15, 0.2) is 23.6 Å². The summed E-state index contributed by atoms with van der Waals surface area (Å²) in [7, 11) is 0. The summed E-state index contributed by atoms with van der Waals surface area (Å²) in [4.78, 5) is 8.49. The second kappa shape index (κ2) is 11.1. The molecule has 2 aliphatic rings. The minimum absolute atomic E-state index is 0.0805. The van der Waals surface area contributed by atoms with E-state index in [0.29, 0.717) is 15.4 Å². The molecule has 220 valence electrons. The molecule has 5 N–H and O–H groups in total. The van der Waals surface area contributed by atoms with Gasteiger partial charge in [-0.3, -0.25) is 15.4 Å². The number of ether oxygens (including phenoxy) is 2. The SMILES string of the molecule is CC(=N)N=C([NH2+]c1cc(F)c2nc(C)sc2c1)[C@@H]1OC2C(O)CO[C@@H]2C(n2cc(-c3ccc(Cl)c(F)c3F)cn2)C1O. The first kappa shape index (κ1) is 28.9. The number of nitrogens with one attached hydrogen (secondary N) is 1. The lowest BCUT2D eigenvalue weighted by molar-refractivity contribution is -0.454. The van der Waals surface area contributed by atoms with E-state index in [1.165, 1.54) is 58.9 Å². The molecule has 0 radical (unpaired) electrons. The van der Waals surface area contributed by atoms with Gasteiger partial charge in [-0.1, -0.05) is 11.6 Å². The second-order valence-corrected chi connectivity index (χ2v) is 11.8. The number of fused-ring (bicyclic) bond motifs is 2. The molecule has 4 unspecified atom stereocenters. The highest BCUT2D eigenvalue weighted by Crippen LogP contribution is 2.38. The quantitative estimate of drug-likeness (QED) is 0.119.